The fourth-order valence-electron chi connectivity index (χ4n) is 2.96. The van der Waals surface area contributed by atoms with Crippen molar-refractivity contribution in [2.24, 2.45) is 0 Å². The van der Waals surface area contributed by atoms with Crippen molar-refractivity contribution in [3.63, 3.8) is 0 Å². The normalized spacial score (nSPS) is 11.8. The molecule has 0 fully saturated rings. The third-order valence-electron chi connectivity index (χ3n) is 4.16. The fourth-order valence-corrected chi connectivity index (χ4v) is 2.96. The molecule has 0 N–H and O–H groups in total. The highest BCUT2D eigenvalue weighted by atomic mass is 19.4. The van der Waals surface area contributed by atoms with Crippen LogP contribution in [0.4, 0.5) is 13.2 Å². The van der Waals surface area contributed by atoms with Crippen LogP contribution in [0.15, 0.2) is 79.3 Å². The van der Waals surface area contributed by atoms with E-state index in [-0.39, 0.29) is 5.69 Å². The SMILES string of the molecule is FC(F)(F)c1cnccc1-n1ccc2ccc(-c3ccccc3)cc21. The Labute approximate surface area is 142 Å². The van der Waals surface area contributed by atoms with Gasteiger partial charge in [-0.1, -0.05) is 42.5 Å². The van der Waals surface area contributed by atoms with E-state index in [0.717, 1.165) is 28.2 Å². The number of halogens is 3. The highest BCUT2D eigenvalue weighted by molar-refractivity contribution is 5.87. The summed E-state index contributed by atoms with van der Waals surface area (Å²) in [7, 11) is 0. The van der Waals surface area contributed by atoms with E-state index in [2.05, 4.69) is 4.98 Å². The first-order chi connectivity index (χ1) is 12.0. The predicted molar refractivity (Wildman–Crippen MR) is 91.5 cm³/mol. The van der Waals surface area contributed by atoms with Crippen molar-refractivity contribution >= 4 is 10.9 Å². The van der Waals surface area contributed by atoms with E-state index < -0.39 is 11.7 Å². The molecule has 2 nitrogen and oxygen atoms in total. The predicted octanol–water partition coefficient (Wildman–Crippen LogP) is 5.71. The molecule has 0 spiro atoms. The smallest absolute Gasteiger partial charge is 0.316 e. The molecule has 0 saturated heterocycles. The van der Waals surface area contributed by atoms with E-state index in [9.17, 15) is 13.2 Å². The molecule has 124 valence electrons. The summed E-state index contributed by atoms with van der Waals surface area (Å²) in [5, 5.41) is 0.879. The highest BCUT2D eigenvalue weighted by Crippen LogP contribution is 2.35. The van der Waals surface area contributed by atoms with Crippen LogP contribution in [-0.2, 0) is 6.18 Å². The van der Waals surface area contributed by atoms with Gasteiger partial charge in [0.05, 0.1) is 16.8 Å². The number of benzene rings is 2. The topological polar surface area (TPSA) is 17.8 Å². The molecule has 0 atom stereocenters. The van der Waals surface area contributed by atoms with Crippen LogP contribution < -0.4 is 0 Å². The molecule has 0 aliphatic carbocycles. The number of pyridine rings is 1. The molecule has 5 heteroatoms. The summed E-state index contributed by atoms with van der Waals surface area (Å²) in [6.45, 7) is 0. The quantitative estimate of drug-likeness (QED) is 0.458. The summed E-state index contributed by atoms with van der Waals surface area (Å²) in [6, 6.07) is 18.7. The highest BCUT2D eigenvalue weighted by Gasteiger charge is 2.34. The average molecular weight is 338 g/mol. The van der Waals surface area contributed by atoms with Crippen LogP contribution in [-0.4, -0.2) is 9.55 Å². The van der Waals surface area contributed by atoms with Crippen molar-refractivity contribution in [2.45, 2.75) is 6.18 Å². The first-order valence-corrected chi connectivity index (χ1v) is 7.72. The van der Waals surface area contributed by atoms with Crippen molar-refractivity contribution < 1.29 is 13.2 Å². The van der Waals surface area contributed by atoms with Crippen molar-refractivity contribution in [1.82, 2.24) is 9.55 Å². The minimum atomic E-state index is -4.46. The van der Waals surface area contributed by atoms with Gasteiger partial charge < -0.3 is 4.57 Å². The lowest BCUT2D eigenvalue weighted by Crippen LogP contribution is -2.10. The number of nitrogens with zero attached hydrogens (tertiary/aromatic N) is 2. The van der Waals surface area contributed by atoms with Crippen LogP contribution in [0.2, 0.25) is 0 Å². The summed E-state index contributed by atoms with van der Waals surface area (Å²) in [6.07, 6.45) is -0.569. The third-order valence-corrected chi connectivity index (χ3v) is 4.16. The standard InChI is InChI=1S/C20H13F3N2/c21-20(22,23)17-13-24-10-8-18(17)25-11-9-15-6-7-16(12-19(15)25)14-4-2-1-3-5-14/h1-13H. The molecule has 0 aliphatic rings. The van der Waals surface area contributed by atoms with Gasteiger partial charge in [-0.25, -0.2) is 0 Å². The molecule has 2 aromatic heterocycles. The maximum atomic E-state index is 13.3. The molecule has 4 rings (SSSR count). The minimum Gasteiger partial charge on any atom is -0.316 e. The zero-order valence-corrected chi connectivity index (χ0v) is 13.0. The van der Waals surface area contributed by atoms with Gasteiger partial charge in [-0.3, -0.25) is 4.98 Å². The second kappa shape index (κ2) is 5.77. The summed E-state index contributed by atoms with van der Waals surface area (Å²) < 4.78 is 41.6. The first-order valence-electron chi connectivity index (χ1n) is 7.72. The third kappa shape index (κ3) is 2.78. The van der Waals surface area contributed by atoms with Gasteiger partial charge >= 0.3 is 6.18 Å². The van der Waals surface area contributed by atoms with Gasteiger partial charge in [0.25, 0.3) is 0 Å². The van der Waals surface area contributed by atoms with Crippen LogP contribution in [0.5, 0.6) is 0 Å². The lowest BCUT2D eigenvalue weighted by atomic mass is 10.0. The molecule has 0 radical (unpaired) electrons. The number of hydrogen-bond donors (Lipinski definition) is 0. The maximum absolute atomic E-state index is 13.3. The molecule has 0 unspecified atom stereocenters. The number of hydrogen-bond acceptors (Lipinski definition) is 1. The monoisotopic (exact) mass is 338 g/mol. The summed E-state index contributed by atoms with van der Waals surface area (Å²) >= 11 is 0. The van der Waals surface area contributed by atoms with E-state index >= 15 is 0 Å². The largest absolute Gasteiger partial charge is 0.419 e. The molecule has 2 heterocycles. The Morgan fingerprint density at radius 1 is 0.840 bits per heavy atom. The van der Waals surface area contributed by atoms with Crippen LogP contribution in [0.3, 0.4) is 0 Å². The Hall–Kier alpha value is -3.08. The summed E-state index contributed by atoms with van der Waals surface area (Å²) in [5.74, 6) is 0. The molecular formula is C20H13F3N2. The Morgan fingerprint density at radius 2 is 1.64 bits per heavy atom. The van der Waals surface area contributed by atoms with Gasteiger partial charge in [0.2, 0.25) is 0 Å². The van der Waals surface area contributed by atoms with Gasteiger partial charge in [-0.05, 0) is 34.7 Å². The Bertz CT molecular complexity index is 1030. The van der Waals surface area contributed by atoms with Crippen LogP contribution >= 0.6 is 0 Å². The second-order valence-corrected chi connectivity index (χ2v) is 5.72. The minimum absolute atomic E-state index is 0.0720. The summed E-state index contributed by atoms with van der Waals surface area (Å²) in [5.41, 5.74) is 2.01. The fraction of sp³-hybridized carbons (Fsp3) is 0.0500. The van der Waals surface area contributed by atoms with Crippen molar-refractivity contribution in [2.75, 3.05) is 0 Å². The number of rotatable bonds is 2. The van der Waals surface area contributed by atoms with Gasteiger partial charge in [0.15, 0.2) is 0 Å². The maximum Gasteiger partial charge on any atom is 0.419 e. The molecule has 0 saturated carbocycles. The molecule has 0 bridgehead atoms. The van der Waals surface area contributed by atoms with Crippen molar-refractivity contribution in [3.05, 3.63) is 84.8 Å². The van der Waals surface area contributed by atoms with Crippen molar-refractivity contribution in [1.29, 1.82) is 0 Å². The lowest BCUT2D eigenvalue weighted by Gasteiger charge is -2.14. The van der Waals surface area contributed by atoms with Gasteiger partial charge in [-0.15, -0.1) is 0 Å². The molecular weight excluding hydrogens is 325 g/mol. The van der Waals surface area contributed by atoms with Gasteiger partial charge in [0.1, 0.15) is 0 Å². The van der Waals surface area contributed by atoms with Crippen molar-refractivity contribution in [3.8, 4) is 16.8 Å². The molecule has 25 heavy (non-hydrogen) atoms. The van der Waals surface area contributed by atoms with Crippen LogP contribution in [0.1, 0.15) is 5.56 Å². The van der Waals surface area contributed by atoms with E-state index in [1.54, 1.807) is 10.8 Å². The first kappa shape index (κ1) is 15.4. The zero-order chi connectivity index (χ0) is 17.4. The second-order valence-electron chi connectivity index (χ2n) is 5.72. The van der Waals surface area contributed by atoms with E-state index in [1.807, 2.05) is 54.6 Å². The number of fused-ring (bicyclic) bond motifs is 1. The average Bonchev–Trinajstić information content (AvgIpc) is 3.05. The number of alkyl halides is 3. The van der Waals surface area contributed by atoms with Gasteiger partial charge in [-0.2, -0.15) is 13.2 Å². The lowest BCUT2D eigenvalue weighted by molar-refractivity contribution is -0.137. The number of aromatic nitrogens is 2. The molecule has 4 aromatic rings. The molecule has 0 aliphatic heterocycles. The van der Waals surface area contributed by atoms with E-state index in [1.165, 1.54) is 12.3 Å². The summed E-state index contributed by atoms with van der Waals surface area (Å²) in [4.78, 5) is 3.63. The Balaban J connectivity index is 1.93. The van der Waals surface area contributed by atoms with Crippen LogP contribution in [0.25, 0.3) is 27.7 Å². The molecule has 0 amide bonds. The zero-order valence-electron chi connectivity index (χ0n) is 13.0. The molecule has 2 aromatic carbocycles. The Morgan fingerprint density at radius 3 is 2.40 bits per heavy atom. The van der Waals surface area contributed by atoms with E-state index in [0.29, 0.717) is 0 Å². The van der Waals surface area contributed by atoms with Gasteiger partial charge in [0, 0.05) is 18.6 Å². The Kier molecular flexibility index (Phi) is 3.57. The van der Waals surface area contributed by atoms with E-state index in [4.69, 9.17) is 0 Å². The van der Waals surface area contributed by atoms with Crippen LogP contribution in [0, 0.1) is 0 Å².